The quantitative estimate of drug-likeness (QED) is 0.838. The topological polar surface area (TPSA) is 26.0 Å². The summed E-state index contributed by atoms with van der Waals surface area (Å²) < 4.78 is 13.6. The van der Waals surface area contributed by atoms with Crippen LogP contribution in [0.5, 0.6) is 0 Å². The molecule has 0 aliphatic rings. The average molecular weight is 230 g/mol. The molecule has 0 bridgehead atoms. The summed E-state index contributed by atoms with van der Waals surface area (Å²) in [7, 11) is 0. The molecule has 1 rings (SSSR count). The normalized spacial score (nSPS) is 13.3. The Hall–Kier alpha value is -0.600. The Morgan fingerprint density at radius 3 is 2.53 bits per heavy atom. The Labute approximate surface area is 95.4 Å². The molecule has 0 fully saturated rings. The highest BCUT2D eigenvalue weighted by Crippen LogP contribution is 2.26. The summed E-state index contributed by atoms with van der Waals surface area (Å²) in [6.45, 7) is 5.99. The first-order valence-electron chi connectivity index (χ1n) is 5.13. The molecule has 1 aromatic rings. The van der Waals surface area contributed by atoms with Crippen molar-refractivity contribution < 1.29 is 4.39 Å². The number of hydrogen-bond donors (Lipinski definition) is 1. The molecule has 0 amide bonds. The number of halogens is 2. The lowest BCUT2D eigenvalue weighted by atomic mass is 9.96. The summed E-state index contributed by atoms with van der Waals surface area (Å²) in [5, 5.41) is 0.452. The largest absolute Gasteiger partial charge is 0.324 e. The molecule has 0 radical (unpaired) electrons. The SMILES string of the molecule is Cc1cc(C(N)CC(C)C)c(F)cc1Cl. The number of aryl methyl sites for hydroxylation is 1. The van der Waals surface area contributed by atoms with Crippen molar-refractivity contribution in [1.29, 1.82) is 0 Å². The number of hydrogen-bond acceptors (Lipinski definition) is 1. The van der Waals surface area contributed by atoms with E-state index in [-0.39, 0.29) is 11.9 Å². The van der Waals surface area contributed by atoms with Gasteiger partial charge in [0.05, 0.1) is 0 Å². The molecule has 1 nitrogen and oxygen atoms in total. The molecule has 0 saturated carbocycles. The van der Waals surface area contributed by atoms with Crippen LogP contribution in [0.25, 0.3) is 0 Å². The minimum absolute atomic E-state index is 0.249. The van der Waals surface area contributed by atoms with Crippen LogP contribution in [0.4, 0.5) is 4.39 Å². The number of nitrogens with two attached hydrogens (primary N) is 1. The molecule has 0 spiro atoms. The van der Waals surface area contributed by atoms with Crippen LogP contribution in [-0.2, 0) is 0 Å². The van der Waals surface area contributed by atoms with Crippen LogP contribution < -0.4 is 5.73 Å². The molecule has 3 heteroatoms. The average Bonchev–Trinajstić information content (AvgIpc) is 2.09. The first kappa shape index (κ1) is 12.5. The van der Waals surface area contributed by atoms with E-state index in [2.05, 4.69) is 13.8 Å². The van der Waals surface area contributed by atoms with Crippen molar-refractivity contribution in [2.75, 3.05) is 0 Å². The molecule has 2 N–H and O–H groups in total. The molecule has 1 unspecified atom stereocenters. The molecule has 15 heavy (non-hydrogen) atoms. The van der Waals surface area contributed by atoms with Gasteiger partial charge < -0.3 is 5.73 Å². The predicted molar refractivity (Wildman–Crippen MR) is 62.5 cm³/mol. The molecule has 84 valence electrons. The van der Waals surface area contributed by atoms with Gasteiger partial charge in [0.25, 0.3) is 0 Å². The van der Waals surface area contributed by atoms with Crippen molar-refractivity contribution in [3.63, 3.8) is 0 Å². The molecule has 0 heterocycles. The Morgan fingerprint density at radius 1 is 1.40 bits per heavy atom. The molecule has 1 aromatic carbocycles. The van der Waals surface area contributed by atoms with Crippen molar-refractivity contribution in [3.05, 3.63) is 34.1 Å². The van der Waals surface area contributed by atoms with Crippen LogP contribution >= 0.6 is 11.6 Å². The van der Waals surface area contributed by atoms with E-state index >= 15 is 0 Å². The maximum Gasteiger partial charge on any atom is 0.129 e. The van der Waals surface area contributed by atoms with Crippen LogP contribution in [0.3, 0.4) is 0 Å². The molecule has 0 aliphatic carbocycles. The first-order valence-corrected chi connectivity index (χ1v) is 5.50. The van der Waals surface area contributed by atoms with E-state index in [1.807, 2.05) is 6.92 Å². The van der Waals surface area contributed by atoms with E-state index in [9.17, 15) is 4.39 Å². The highest BCUT2D eigenvalue weighted by molar-refractivity contribution is 6.31. The van der Waals surface area contributed by atoms with Gasteiger partial charge in [-0.2, -0.15) is 0 Å². The summed E-state index contributed by atoms with van der Waals surface area (Å²) in [5.41, 5.74) is 7.36. The lowest BCUT2D eigenvalue weighted by Crippen LogP contribution is -2.14. The fourth-order valence-electron chi connectivity index (χ4n) is 1.60. The molecule has 0 aromatic heterocycles. The van der Waals surface area contributed by atoms with E-state index in [1.165, 1.54) is 6.07 Å². The molecule has 1 atom stereocenters. The summed E-state index contributed by atoms with van der Waals surface area (Å²) in [6, 6.07) is 2.83. The Balaban J connectivity index is 2.98. The number of rotatable bonds is 3. The third-order valence-corrected chi connectivity index (χ3v) is 2.81. The zero-order chi connectivity index (χ0) is 11.6. The van der Waals surface area contributed by atoms with Gasteiger partial charge in [0.2, 0.25) is 0 Å². The second kappa shape index (κ2) is 4.95. The van der Waals surface area contributed by atoms with Gasteiger partial charge >= 0.3 is 0 Å². The van der Waals surface area contributed by atoms with Gasteiger partial charge in [-0.1, -0.05) is 31.5 Å². The zero-order valence-electron chi connectivity index (χ0n) is 9.35. The fraction of sp³-hybridized carbons (Fsp3) is 0.500. The van der Waals surface area contributed by atoms with Crippen molar-refractivity contribution in [1.82, 2.24) is 0 Å². The molecule has 0 saturated heterocycles. The Morgan fingerprint density at radius 2 is 2.00 bits per heavy atom. The summed E-state index contributed by atoms with van der Waals surface area (Å²) in [5.74, 6) is 0.147. The van der Waals surface area contributed by atoms with Gasteiger partial charge in [-0.3, -0.25) is 0 Å². The first-order chi connectivity index (χ1) is 6.91. The van der Waals surface area contributed by atoms with Gasteiger partial charge in [0.1, 0.15) is 5.82 Å². The highest BCUT2D eigenvalue weighted by Gasteiger charge is 2.14. The van der Waals surface area contributed by atoms with Crippen LogP contribution in [-0.4, -0.2) is 0 Å². The summed E-state index contributed by atoms with van der Waals surface area (Å²) in [4.78, 5) is 0. The van der Waals surface area contributed by atoms with Gasteiger partial charge in [0, 0.05) is 16.6 Å². The van der Waals surface area contributed by atoms with E-state index in [1.54, 1.807) is 6.07 Å². The maximum atomic E-state index is 13.6. The third kappa shape index (κ3) is 3.18. The standard InChI is InChI=1S/C12H17ClFN/c1-7(2)4-12(15)9-5-8(3)10(13)6-11(9)14/h5-7,12H,4,15H2,1-3H3. The van der Waals surface area contributed by atoms with Crippen molar-refractivity contribution in [2.45, 2.75) is 33.2 Å². The molecular formula is C12H17ClFN. The minimum atomic E-state index is -0.307. The van der Waals surface area contributed by atoms with E-state index in [4.69, 9.17) is 17.3 Å². The second-order valence-electron chi connectivity index (χ2n) is 4.36. The van der Waals surface area contributed by atoms with Crippen molar-refractivity contribution in [3.8, 4) is 0 Å². The van der Waals surface area contributed by atoms with Gasteiger partial charge in [-0.05, 0) is 30.9 Å². The summed E-state index contributed by atoms with van der Waals surface area (Å²) >= 11 is 5.82. The Kier molecular flexibility index (Phi) is 4.12. The van der Waals surface area contributed by atoms with Crippen molar-refractivity contribution in [2.24, 2.45) is 11.7 Å². The van der Waals surface area contributed by atoms with Gasteiger partial charge in [-0.25, -0.2) is 4.39 Å². The minimum Gasteiger partial charge on any atom is -0.324 e. The maximum absolute atomic E-state index is 13.6. The highest BCUT2D eigenvalue weighted by atomic mass is 35.5. The summed E-state index contributed by atoms with van der Waals surface area (Å²) in [6.07, 6.45) is 0.776. The van der Waals surface area contributed by atoms with Gasteiger partial charge in [-0.15, -0.1) is 0 Å². The van der Waals surface area contributed by atoms with Crippen LogP contribution in [0.1, 0.15) is 37.4 Å². The lowest BCUT2D eigenvalue weighted by molar-refractivity contribution is 0.488. The van der Waals surface area contributed by atoms with E-state index in [0.29, 0.717) is 16.5 Å². The fourth-order valence-corrected chi connectivity index (χ4v) is 1.75. The van der Waals surface area contributed by atoms with Crippen LogP contribution in [0.2, 0.25) is 5.02 Å². The van der Waals surface area contributed by atoms with E-state index < -0.39 is 0 Å². The second-order valence-corrected chi connectivity index (χ2v) is 4.77. The van der Waals surface area contributed by atoms with Gasteiger partial charge in [0.15, 0.2) is 0 Å². The van der Waals surface area contributed by atoms with Crippen LogP contribution in [0.15, 0.2) is 12.1 Å². The number of benzene rings is 1. The lowest BCUT2D eigenvalue weighted by Gasteiger charge is -2.16. The smallest absolute Gasteiger partial charge is 0.129 e. The monoisotopic (exact) mass is 229 g/mol. The predicted octanol–water partition coefficient (Wildman–Crippen LogP) is 3.83. The third-order valence-electron chi connectivity index (χ3n) is 2.40. The Bertz CT molecular complexity index is 350. The zero-order valence-corrected chi connectivity index (χ0v) is 10.1. The molecular weight excluding hydrogens is 213 g/mol. The molecule has 0 aliphatic heterocycles. The van der Waals surface area contributed by atoms with Crippen LogP contribution in [0, 0.1) is 18.7 Å². The van der Waals surface area contributed by atoms with Crippen molar-refractivity contribution >= 4 is 11.6 Å². The van der Waals surface area contributed by atoms with E-state index in [0.717, 1.165) is 12.0 Å².